The van der Waals surface area contributed by atoms with Crippen molar-refractivity contribution in [2.45, 2.75) is 6.92 Å². The molecule has 0 unspecified atom stereocenters. The molecule has 2 heterocycles. The zero-order valence-corrected chi connectivity index (χ0v) is 9.57. The highest BCUT2D eigenvalue weighted by atomic mass is 16.1. The van der Waals surface area contributed by atoms with Gasteiger partial charge in [-0.3, -0.25) is 14.6 Å². The molecular formula is C10H13N5O2. The molecule has 1 aromatic rings. The van der Waals surface area contributed by atoms with Gasteiger partial charge < -0.3 is 16.0 Å². The van der Waals surface area contributed by atoms with Crippen LogP contribution in [0.15, 0.2) is 16.6 Å². The number of nitrogens with two attached hydrogens (primary N) is 1. The molecule has 0 amide bonds. The van der Waals surface area contributed by atoms with Crippen molar-refractivity contribution in [2.75, 3.05) is 29.5 Å². The minimum atomic E-state index is -0.353. The number of carbonyl (C=O) groups is 1. The highest BCUT2D eigenvalue weighted by molar-refractivity contribution is 5.89. The summed E-state index contributed by atoms with van der Waals surface area (Å²) in [7, 11) is 1.78. The van der Waals surface area contributed by atoms with Crippen LogP contribution in [-0.4, -0.2) is 29.3 Å². The van der Waals surface area contributed by atoms with E-state index in [1.807, 2.05) is 0 Å². The van der Waals surface area contributed by atoms with Gasteiger partial charge >= 0.3 is 0 Å². The molecule has 0 saturated carbocycles. The van der Waals surface area contributed by atoms with E-state index in [0.717, 1.165) is 0 Å². The van der Waals surface area contributed by atoms with Gasteiger partial charge in [-0.1, -0.05) is 0 Å². The highest BCUT2D eigenvalue weighted by Gasteiger charge is 2.21. The van der Waals surface area contributed by atoms with Crippen LogP contribution in [0.5, 0.6) is 0 Å². The maximum absolute atomic E-state index is 11.7. The molecule has 0 radical (unpaired) electrons. The van der Waals surface area contributed by atoms with E-state index in [1.165, 1.54) is 13.0 Å². The van der Waals surface area contributed by atoms with Crippen molar-refractivity contribution in [1.29, 1.82) is 0 Å². The minimum absolute atomic E-state index is 0.0707. The number of carbonyl (C=O) groups excluding carboxylic acids is 1. The first-order chi connectivity index (χ1) is 7.97. The molecule has 0 spiro atoms. The zero-order valence-electron chi connectivity index (χ0n) is 9.57. The average Bonchev–Trinajstić information content (AvgIpc) is 2.19. The predicted molar refractivity (Wildman–Crippen MR) is 64.9 cm³/mol. The number of anilines is 3. The fourth-order valence-corrected chi connectivity index (χ4v) is 1.72. The van der Waals surface area contributed by atoms with Crippen molar-refractivity contribution in [2.24, 2.45) is 0 Å². The topological polar surface area (TPSA) is 104 Å². The average molecular weight is 235 g/mol. The molecule has 90 valence electrons. The number of aromatic nitrogens is 2. The normalized spacial score (nSPS) is 16.6. The van der Waals surface area contributed by atoms with Crippen LogP contribution in [0.25, 0.3) is 0 Å². The summed E-state index contributed by atoms with van der Waals surface area (Å²) in [4.78, 5) is 30.9. The predicted octanol–water partition coefficient (Wildman–Crippen LogP) is -0.313. The van der Waals surface area contributed by atoms with E-state index in [0.29, 0.717) is 23.7 Å². The lowest BCUT2D eigenvalue weighted by molar-refractivity contribution is -0.112. The number of nitrogens with zero attached hydrogens (tertiary/aromatic N) is 2. The van der Waals surface area contributed by atoms with Gasteiger partial charge in [0.2, 0.25) is 5.95 Å². The number of H-pyrrole nitrogens is 1. The molecule has 1 aliphatic rings. The molecule has 7 heteroatoms. The van der Waals surface area contributed by atoms with Crippen LogP contribution in [0.3, 0.4) is 0 Å². The van der Waals surface area contributed by atoms with Crippen molar-refractivity contribution < 1.29 is 4.79 Å². The van der Waals surface area contributed by atoms with E-state index in [9.17, 15) is 9.59 Å². The third-order valence-electron chi connectivity index (χ3n) is 2.35. The number of fused-ring (bicyclic) bond motifs is 1. The lowest BCUT2D eigenvalue weighted by Crippen LogP contribution is -2.34. The fraction of sp³-hybridized carbons (Fsp3) is 0.300. The van der Waals surface area contributed by atoms with Gasteiger partial charge in [-0.15, -0.1) is 0 Å². The molecular weight excluding hydrogens is 222 g/mol. The van der Waals surface area contributed by atoms with Gasteiger partial charge in [0, 0.05) is 18.8 Å². The van der Waals surface area contributed by atoms with Crippen molar-refractivity contribution in [3.63, 3.8) is 0 Å². The van der Waals surface area contributed by atoms with E-state index >= 15 is 0 Å². The fourth-order valence-electron chi connectivity index (χ4n) is 1.72. The monoisotopic (exact) mass is 235 g/mol. The maximum Gasteiger partial charge on any atom is 0.278 e. The van der Waals surface area contributed by atoms with Crippen LogP contribution in [0.2, 0.25) is 0 Å². The molecule has 7 nitrogen and oxygen atoms in total. The highest BCUT2D eigenvalue weighted by Crippen LogP contribution is 2.25. The first kappa shape index (κ1) is 11.2. The Kier molecular flexibility index (Phi) is 2.58. The Morgan fingerprint density at radius 3 is 2.94 bits per heavy atom. The Labute approximate surface area is 97.3 Å². The molecule has 0 aromatic carbocycles. The molecule has 4 N–H and O–H groups in total. The van der Waals surface area contributed by atoms with E-state index in [4.69, 9.17) is 5.73 Å². The molecule has 0 bridgehead atoms. The number of ketones is 1. The quantitative estimate of drug-likeness (QED) is 0.577. The van der Waals surface area contributed by atoms with Crippen LogP contribution in [0.4, 0.5) is 17.5 Å². The van der Waals surface area contributed by atoms with Crippen LogP contribution in [0, 0.1) is 0 Å². The number of aromatic amines is 1. The third kappa shape index (κ3) is 2.12. The van der Waals surface area contributed by atoms with Gasteiger partial charge in [-0.25, -0.2) is 0 Å². The number of rotatable bonds is 1. The van der Waals surface area contributed by atoms with Crippen molar-refractivity contribution in [1.82, 2.24) is 9.97 Å². The van der Waals surface area contributed by atoms with Crippen LogP contribution in [0.1, 0.15) is 6.92 Å². The van der Waals surface area contributed by atoms with Gasteiger partial charge in [-0.05, 0) is 6.92 Å². The Bertz CT molecular complexity index is 560. The number of allylic oxidation sites excluding steroid dienone is 1. The van der Waals surface area contributed by atoms with Crippen LogP contribution >= 0.6 is 0 Å². The molecule has 1 aromatic heterocycles. The van der Waals surface area contributed by atoms with Gasteiger partial charge in [0.25, 0.3) is 5.56 Å². The van der Waals surface area contributed by atoms with Gasteiger partial charge in [0.1, 0.15) is 5.69 Å². The second kappa shape index (κ2) is 3.93. The number of likely N-dealkylation sites (N-methyl/N-ethyl adjacent to an activating group) is 1. The minimum Gasteiger partial charge on any atom is -0.369 e. The molecule has 2 rings (SSSR count). The molecule has 0 aliphatic carbocycles. The molecule has 0 saturated heterocycles. The van der Waals surface area contributed by atoms with E-state index < -0.39 is 0 Å². The number of hydrogen-bond donors (Lipinski definition) is 3. The number of hydrogen-bond acceptors (Lipinski definition) is 6. The lowest BCUT2D eigenvalue weighted by Gasteiger charge is -2.28. The SMILES string of the molecule is CC(=O)/C=C1\CN(C)c2nc(N)[nH]c(=O)c2N1. The largest absolute Gasteiger partial charge is 0.369 e. The molecule has 0 atom stereocenters. The van der Waals surface area contributed by atoms with Gasteiger partial charge in [-0.2, -0.15) is 4.98 Å². The van der Waals surface area contributed by atoms with E-state index in [-0.39, 0.29) is 17.3 Å². The number of nitrogen functional groups attached to an aromatic ring is 1. The third-order valence-corrected chi connectivity index (χ3v) is 2.35. The summed E-state index contributed by atoms with van der Waals surface area (Å²) < 4.78 is 0. The summed E-state index contributed by atoms with van der Waals surface area (Å²) in [6, 6.07) is 0. The smallest absolute Gasteiger partial charge is 0.278 e. The van der Waals surface area contributed by atoms with Crippen LogP contribution < -0.4 is 21.5 Å². The molecule has 17 heavy (non-hydrogen) atoms. The van der Waals surface area contributed by atoms with Gasteiger partial charge in [0.05, 0.1) is 6.54 Å². The zero-order chi connectivity index (χ0) is 12.6. The second-order valence-corrected chi connectivity index (χ2v) is 3.91. The summed E-state index contributed by atoms with van der Waals surface area (Å²) in [5.74, 6) is 0.470. The number of nitrogens with one attached hydrogen (secondary N) is 2. The Morgan fingerprint density at radius 1 is 1.59 bits per heavy atom. The van der Waals surface area contributed by atoms with E-state index in [1.54, 1.807) is 11.9 Å². The Hall–Kier alpha value is -2.31. The first-order valence-corrected chi connectivity index (χ1v) is 5.06. The lowest BCUT2D eigenvalue weighted by atomic mass is 10.2. The second-order valence-electron chi connectivity index (χ2n) is 3.91. The molecule has 1 aliphatic heterocycles. The summed E-state index contributed by atoms with van der Waals surface area (Å²) >= 11 is 0. The summed E-state index contributed by atoms with van der Waals surface area (Å²) in [5.41, 5.74) is 6.08. The van der Waals surface area contributed by atoms with Crippen molar-refractivity contribution in [3.8, 4) is 0 Å². The summed E-state index contributed by atoms with van der Waals surface area (Å²) in [6.07, 6.45) is 1.45. The standard InChI is InChI=1S/C10H13N5O2/c1-5(16)3-6-4-15(2)8-7(12-6)9(17)14-10(11)13-8/h3,12H,4H2,1-2H3,(H3,11,13,14,17)/b6-3+. The van der Waals surface area contributed by atoms with Crippen LogP contribution in [-0.2, 0) is 4.79 Å². The maximum atomic E-state index is 11.7. The van der Waals surface area contributed by atoms with E-state index in [2.05, 4.69) is 15.3 Å². The Morgan fingerprint density at radius 2 is 2.29 bits per heavy atom. The van der Waals surface area contributed by atoms with Crippen molar-refractivity contribution >= 4 is 23.2 Å². The molecule has 0 fully saturated rings. The summed E-state index contributed by atoms with van der Waals surface area (Å²) in [6.45, 7) is 1.93. The first-order valence-electron chi connectivity index (χ1n) is 5.06. The Balaban J connectivity index is 2.50. The van der Waals surface area contributed by atoms with Crippen molar-refractivity contribution in [3.05, 3.63) is 22.1 Å². The van der Waals surface area contributed by atoms with Gasteiger partial charge in [0.15, 0.2) is 11.6 Å². The summed E-state index contributed by atoms with van der Waals surface area (Å²) in [5, 5.41) is 2.89.